The van der Waals surface area contributed by atoms with E-state index in [0.717, 1.165) is 138 Å². The van der Waals surface area contributed by atoms with Gasteiger partial charge in [-0.1, -0.05) is 110 Å². The highest BCUT2D eigenvalue weighted by atomic mass is 16.5. The van der Waals surface area contributed by atoms with Crippen molar-refractivity contribution in [2.75, 3.05) is 60.4 Å². The van der Waals surface area contributed by atoms with Gasteiger partial charge >= 0.3 is 0 Å². The van der Waals surface area contributed by atoms with E-state index in [-0.39, 0.29) is 22.2 Å². The van der Waals surface area contributed by atoms with Gasteiger partial charge in [-0.2, -0.15) is 0 Å². The minimum absolute atomic E-state index is 0.0311. The number of nitrogens with zero attached hydrogens (tertiary/aromatic N) is 14. The summed E-state index contributed by atoms with van der Waals surface area (Å²) in [6.07, 6.45) is 28.5. The number of pyridine rings is 6. The molecule has 0 N–H and O–H groups in total. The molecule has 2 saturated heterocycles. The van der Waals surface area contributed by atoms with Crippen LogP contribution in [0.4, 0.5) is 5.69 Å². The maximum atomic E-state index is 13.0. The van der Waals surface area contributed by atoms with Crippen LogP contribution in [0.5, 0.6) is 11.5 Å². The summed E-state index contributed by atoms with van der Waals surface area (Å²) >= 11 is 0. The van der Waals surface area contributed by atoms with Crippen LogP contribution in [-0.2, 0) is 73.1 Å². The van der Waals surface area contributed by atoms with E-state index in [2.05, 4.69) is 157 Å². The summed E-state index contributed by atoms with van der Waals surface area (Å²) in [5.41, 5.74) is 27.5. The van der Waals surface area contributed by atoms with Gasteiger partial charge in [-0.25, -0.2) is 4.58 Å². The zero-order valence-corrected chi connectivity index (χ0v) is 75.0. The van der Waals surface area contributed by atoms with Gasteiger partial charge in [0.25, 0.3) is 22.2 Å². The Hall–Kier alpha value is -12.9. The van der Waals surface area contributed by atoms with Crippen molar-refractivity contribution in [3.05, 3.63) is 347 Å². The average Bonchev–Trinajstić information content (AvgIpc) is 1.62. The molecule has 1 unspecified atom stereocenters. The first-order valence-electron chi connectivity index (χ1n) is 45.9. The third-order valence-electron chi connectivity index (χ3n) is 28.2. The SMILES string of the molecule is CN1CCC(N2CCc3c(c4ccc(-n5ccc(OCc6ccccc6)cc5=O)cc4n3C)C2)CC1.C[N+]1=C2CCN(C3CCCCC3)CC2c2ccc(-n3ccc(OCc4ccccc4)cc3=O)cc21.Cc1ccc(-c2ccn(-c3ccc4c5c(n(C)c4c3)CCCC5)c(=O)c2)cn1.Cc1ccc(-c2ccn(-c3ccc4c5c(n(C)c4c3)CCN(C)C5)c(=O)c2)cn1. The second-order valence-corrected chi connectivity index (χ2v) is 36.2. The van der Waals surface area contributed by atoms with E-state index in [1.807, 2.05) is 166 Å². The van der Waals surface area contributed by atoms with Gasteiger partial charge in [0, 0.05) is 221 Å². The third-order valence-corrected chi connectivity index (χ3v) is 28.2. The molecular weight excluding hydrogens is 1590 g/mol. The van der Waals surface area contributed by atoms with Gasteiger partial charge in [0.15, 0.2) is 5.71 Å². The summed E-state index contributed by atoms with van der Waals surface area (Å²) in [6, 6.07) is 69.2. The highest BCUT2D eigenvalue weighted by Gasteiger charge is 2.43. The number of rotatable bonds is 14. The van der Waals surface area contributed by atoms with Gasteiger partial charge < -0.3 is 33.0 Å². The van der Waals surface area contributed by atoms with E-state index >= 15 is 0 Å². The molecule has 0 bridgehead atoms. The molecule has 20 heteroatoms. The Morgan fingerprint density at radius 2 is 0.836 bits per heavy atom. The summed E-state index contributed by atoms with van der Waals surface area (Å²) < 4.78 is 27.9. The Bertz CT molecular complexity index is 6920. The van der Waals surface area contributed by atoms with Gasteiger partial charge in [0.2, 0.25) is 5.69 Å². The molecule has 7 aliphatic rings. The number of ether oxygens (including phenoxy) is 2. The minimum Gasteiger partial charge on any atom is -0.489 e. The molecule has 652 valence electrons. The number of aryl methyl sites for hydroxylation is 6. The molecule has 20 nitrogen and oxygen atoms in total. The van der Waals surface area contributed by atoms with Crippen LogP contribution in [-0.4, -0.2) is 144 Å². The lowest BCUT2D eigenvalue weighted by Gasteiger charge is -2.39. The molecule has 9 aromatic heterocycles. The van der Waals surface area contributed by atoms with Gasteiger partial charge in [0.05, 0.1) is 45.2 Å². The predicted octanol–water partition coefficient (Wildman–Crippen LogP) is 17.9. The number of likely N-dealkylation sites (N-methyl/N-ethyl adjacent to an activating group) is 1. The monoisotopic (exact) mass is 1700 g/mol. The van der Waals surface area contributed by atoms with Crippen molar-refractivity contribution < 1.29 is 14.0 Å². The van der Waals surface area contributed by atoms with Crippen molar-refractivity contribution in [1.82, 2.24) is 61.5 Å². The maximum Gasteiger partial charge on any atom is 0.258 e. The normalized spacial score (nSPS) is 16.7. The third kappa shape index (κ3) is 17.5. The molecule has 5 aliphatic heterocycles. The Labute approximate surface area is 748 Å². The number of hydrogen-bond acceptors (Lipinski definition) is 12. The second kappa shape index (κ2) is 36.8. The molecule has 1 saturated carbocycles. The lowest BCUT2D eigenvalue weighted by Crippen LogP contribution is -2.46. The molecule has 1 atom stereocenters. The van der Waals surface area contributed by atoms with Crippen LogP contribution in [0, 0.1) is 13.8 Å². The molecule has 0 amide bonds. The summed E-state index contributed by atoms with van der Waals surface area (Å²) in [4.78, 5) is 70.5. The van der Waals surface area contributed by atoms with Crippen LogP contribution in [0.2, 0.25) is 0 Å². The minimum atomic E-state index is -0.0904. The van der Waals surface area contributed by atoms with Crippen molar-refractivity contribution in [2.24, 2.45) is 21.1 Å². The zero-order chi connectivity index (χ0) is 87.8. The summed E-state index contributed by atoms with van der Waals surface area (Å²) in [5.74, 6) is 1.66. The molecule has 3 fully saturated rings. The fourth-order valence-electron chi connectivity index (χ4n) is 20.9. The van der Waals surface area contributed by atoms with Gasteiger partial charge in [-0.15, -0.1) is 0 Å². The van der Waals surface area contributed by atoms with Crippen molar-refractivity contribution in [3.8, 4) is 56.5 Å². The molecular formula is C108H115N14O6+. The highest BCUT2D eigenvalue weighted by molar-refractivity contribution is 5.93. The second-order valence-electron chi connectivity index (χ2n) is 36.2. The van der Waals surface area contributed by atoms with Crippen LogP contribution >= 0.6 is 0 Å². The van der Waals surface area contributed by atoms with Crippen molar-refractivity contribution in [3.63, 3.8) is 0 Å². The van der Waals surface area contributed by atoms with E-state index in [0.29, 0.717) is 36.7 Å². The summed E-state index contributed by atoms with van der Waals surface area (Å²) in [5, 5.41) is 3.93. The van der Waals surface area contributed by atoms with E-state index in [4.69, 9.17) is 9.47 Å². The maximum absolute atomic E-state index is 13.0. The van der Waals surface area contributed by atoms with Gasteiger partial charge in [-0.05, 0) is 216 Å². The number of benzene rings is 6. The topological polar surface area (TPSA) is 163 Å². The molecule has 2 aliphatic carbocycles. The van der Waals surface area contributed by atoms with Gasteiger partial charge in [0.1, 0.15) is 31.8 Å². The Morgan fingerprint density at radius 3 is 1.34 bits per heavy atom. The van der Waals surface area contributed by atoms with Gasteiger partial charge in [-0.3, -0.25) is 57.2 Å². The Kier molecular flexibility index (Phi) is 24.4. The van der Waals surface area contributed by atoms with Crippen LogP contribution in [0.15, 0.2) is 263 Å². The largest absolute Gasteiger partial charge is 0.489 e. The average molecular weight is 1710 g/mol. The zero-order valence-electron chi connectivity index (χ0n) is 75.0. The first-order chi connectivity index (χ1) is 62.4. The first-order valence-corrected chi connectivity index (χ1v) is 45.9. The number of hydrogen-bond donors (Lipinski definition) is 0. The molecule has 128 heavy (non-hydrogen) atoms. The lowest BCUT2D eigenvalue weighted by molar-refractivity contribution is -0.403. The number of likely N-dealkylation sites (tertiary alicyclic amines) is 2. The standard InChI is InChI=1S/C30H34N4O2.C30H34N3O2.C24H24N4O.C24H23N3O/c1-31-14-10-23(11-15-31)33-16-13-28-27(20-33)26-9-8-24(18-29(26)32(28)2)34-17-12-25(19-30(34)35)36-21-22-6-4-3-5-7-22;1-31-28-15-16-32(23-10-6-3-7-11-23)20-27(28)26-13-12-24(18-29(26)31)33-17-14-25(19-30(33)34)35-21-22-8-4-2-5-9-22;1-16-4-5-18(14-25-16)17-8-11-28(24(29)12-17)19-6-7-20-21-15-26(2)10-9-22(21)27(3)23(20)13-19;1-16-7-8-18(15-25-16)17-11-12-27(24(28)13-17)19-9-10-21-20-5-3-4-6-22(20)26(2)23(21)14-19/h3-9,12,17-19,23H,10-11,13-16,20-21H2,1-2H3;2,4-5,8-9,12-14,17-19,23,27H,3,6-7,10-11,15-16,20-21H2,1H3;4-8,11-14H,9-10,15H2,1-3H3;7-15H,3-6H2,1-2H3/q;+1;;. The summed E-state index contributed by atoms with van der Waals surface area (Å²) in [6.45, 7) is 13.7. The molecule has 14 heterocycles. The van der Waals surface area contributed by atoms with Crippen molar-refractivity contribution in [1.29, 1.82) is 0 Å². The van der Waals surface area contributed by atoms with E-state index in [1.165, 1.54) is 161 Å². The molecule has 6 aromatic carbocycles. The molecule has 15 aromatic rings. The fraction of sp³-hybridized carbons (Fsp3) is 0.324. The van der Waals surface area contributed by atoms with Crippen LogP contribution < -0.4 is 31.7 Å². The van der Waals surface area contributed by atoms with Crippen LogP contribution in [0.3, 0.4) is 0 Å². The number of aromatic nitrogens is 9. The fourth-order valence-corrected chi connectivity index (χ4v) is 20.9. The number of fused-ring (bicyclic) bond motifs is 12. The Balaban J connectivity index is 0.000000112. The van der Waals surface area contributed by atoms with E-state index < -0.39 is 0 Å². The van der Waals surface area contributed by atoms with Crippen LogP contribution in [0.25, 0.3) is 77.7 Å². The quantitative estimate of drug-likeness (QED) is 0.0948. The van der Waals surface area contributed by atoms with E-state index in [1.54, 1.807) is 42.5 Å². The van der Waals surface area contributed by atoms with Crippen molar-refractivity contribution in [2.45, 2.75) is 148 Å². The van der Waals surface area contributed by atoms with Crippen LogP contribution in [0.1, 0.15) is 132 Å². The van der Waals surface area contributed by atoms with E-state index in [9.17, 15) is 19.2 Å². The number of piperidine rings is 2. The predicted molar refractivity (Wildman–Crippen MR) is 513 cm³/mol. The molecule has 0 spiro atoms. The lowest BCUT2D eigenvalue weighted by atomic mass is 9.87. The Morgan fingerprint density at radius 1 is 0.383 bits per heavy atom. The molecule has 0 radical (unpaired) electrons. The first kappa shape index (κ1) is 84.6. The van der Waals surface area contributed by atoms with Crippen molar-refractivity contribution >= 4 is 44.1 Å². The highest BCUT2D eigenvalue weighted by Crippen LogP contribution is 2.42. The molecule has 22 rings (SSSR count). The summed E-state index contributed by atoms with van der Waals surface area (Å²) in [7, 11) is 13.0. The smallest absolute Gasteiger partial charge is 0.258 e.